The van der Waals surface area contributed by atoms with E-state index in [1.54, 1.807) is 11.8 Å². The first-order chi connectivity index (χ1) is 5.27. The number of hydroxylamine groups is 3. The highest BCUT2D eigenvalue weighted by molar-refractivity contribution is 7.98. The summed E-state index contributed by atoms with van der Waals surface area (Å²) < 4.78 is 0.0842. The number of piperidine rings is 1. The van der Waals surface area contributed by atoms with Gasteiger partial charge in [-0.25, -0.2) is 0 Å². The molecule has 1 fully saturated rings. The first-order valence-corrected chi connectivity index (χ1v) is 5.72. The maximum atomic E-state index is 11.8. The van der Waals surface area contributed by atoms with E-state index in [1.165, 1.54) is 6.42 Å². The van der Waals surface area contributed by atoms with Gasteiger partial charge in [0.15, 0.2) is 0 Å². The number of nitrogens with zero attached hydrogens (tertiary/aromatic N) is 1. The van der Waals surface area contributed by atoms with Crippen molar-refractivity contribution in [3.8, 4) is 0 Å². The molecule has 0 atom stereocenters. The van der Waals surface area contributed by atoms with E-state index in [0.717, 1.165) is 38.2 Å². The number of thioether (sulfide) groups is 1. The second kappa shape index (κ2) is 4.33. The van der Waals surface area contributed by atoms with E-state index >= 15 is 0 Å². The Morgan fingerprint density at radius 2 is 1.91 bits per heavy atom. The molecule has 1 aliphatic heterocycles. The van der Waals surface area contributed by atoms with Gasteiger partial charge in [0.25, 0.3) is 0 Å². The molecule has 1 aliphatic rings. The number of likely N-dealkylation sites (tertiary alicyclic amines) is 1. The summed E-state index contributed by atoms with van der Waals surface area (Å²) in [5.74, 6) is 1.02. The Balaban J connectivity index is 2.25. The van der Waals surface area contributed by atoms with E-state index in [4.69, 9.17) is 0 Å². The largest absolute Gasteiger partial charge is 0.633 e. The van der Waals surface area contributed by atoms with E-state index in [0.29, 0.717) is 0 Å². The summed E-state index contributed by atoms with van der Waals surface area (Å²) in [5.41, 5.74) is 0. The predicted molar refractivity (Wildman–Crippen MR) is 50.5 cm³/mol. The van der Waals surface area contributed by atoms with Gasteiger partial charge in [-0.05, 0) is 25.5 Å². The molecular formula is C8H17NOS. The molecule has 1 saturated heterocycles. The van der Waals surface area contributed by atoms with E-state index in [2.05, 4.69) is 6.26 Å². The van der Waals surface area contributed by atoms with Crippen molar-refractivity contribution < 1.29 is 4.65 Å². The van der Waals surface area contributed by atoms with Gasteiger partial charge in [0.05, 0.1) is 19.6 Å². The molecule has 0 radical (unpaired) electrons. The van der Waals surface area contributed by atoms with Gasteiger partial charge in [-0.3, -0.25) is 0 Å². The summed E-state index contributed by atoms with van der Waals surface area (Å²) in [6.07, 6.45) is 5.60. The van der Waals surface area contributed by atoms with Gasteiger partial charge in [0, 0.05) is 5.75 Å². The van der Waals surface area contributed by atoms with Crippen molar-refractivity contribution in [1.29, 1.82) is 0 Å². The molecule has 2 nitrogen and oxygen atoms in total. The van der Waals surface area contributed by atoms with Crippen molar-refractivity contribution in [2.75, 3.05) is 31.6 Å². The van der Waals surface area contributed by atoms with Crippen molar-refractivity contribution in [1.82, 2.24) is 0 Å². The van der Waals surface area contributed by atoms with Gasteiger partial charge < -0.3 is 9.85 Å². The summed E-state index contributed by atoms with van der Waals surface area (Å²) in [4.78, 5) is 0. The summed E-state index contributed by atoms with van der Waals surface area (Å²) in [6.45, 7) is 2.54. The van der Waals surface area contributed by atoms with Crippen LogP contribution >= 0.6 is 11.8 Å². The first kappa shape index (κ1) is 9.36. The van der Waals surface area contributed by atoms with Crippen molar-refractivity contribution in [3.63, 3.8) is 0 Å². The number of quaternary nitrogens is 1. The SMILES string of the molecule is CSCC[N+]1([O-])CCCCC1. The summed E-state index contributed by atoms with van der Waals surface area (Å²) >= 11 is 1.78. The van der Waals surface area contributed by atoms with Gasteiger partial charge in [-0.1, -0.05) is 0 Å². The smallest absolute Gasteiger partial charge is 0.0875 e. The third-order valence-corrected chi connectivity index (χ3v) is 2.93. The number of hydrogen-bond acceptors (Lipinski definition) is 2. The highest BCUT2D eigenvalue weighted by Crippen LogP contribution is 2.17. The van der Waals surface area contributed by atoms with E-state index in [-0.39, 0.29) is 4.65 Å². The second-order valence-electron chi connectivity index (χ2n) is 3.28. The maximum absolute atomic E-state index is 11.8. The van der Waals surface area contributed by atoms with Crippen LogP contribution in [0.4, 0.5) is 0 Å². The lowest BCUT2D eigenvalue weighted by atomic mass is 10.1. The lowest BCUT2D eigenvalue weighted by molar-refractivity contribution is -0.882. The topological polar surface area (TPSA) is 23.1 Å². The highest BCUT2D eigenvalue weighted by Gasteiger charge is 2.19. The quantitative estimate of drug-likeness (QED) is 0.482. The molecule has 0 spiro atoms. The normalized spacial score (nSPS) is 23.5. The summed E-state index contributed by atoms with van der Waals surface area (Å²) in [7, 11) is 0. The van der Waals surface area contributed by atoms with Crippen LogP contribution in [0, 0.1) is 5.21 Å². The summed E-state index contributed by atoms with van der Waals surface area (Å²) in [5, 5.41) is 11.8. The highest BCUT2D eigenvalue weighted by atomic mass is 32.2. The lowest BCUT2D eigenvalue weighted by Gasteiger charge is -2.45. The Hall–Kier alpha value is 0.270. The molecule has 0 saturated carbocycles. The van der Waals surface area contributed by atoms with E-state index in [1.807, 2.05) is 0 Å². The van der Waals surface area contributed by atoms with Crippen LogP contribution in [0.1, 0.15) is 19.3 Å². The molecule has 0 bridgehead atoms. The zero-order valence-electron chi connectivity index (χ0n) is 7.21. The molecule has 66 valence electrons. The zero-order chi connectivity index (χ0) is 8.16. The number of hydrogen-bond donors (Lipinski definition) is 0. The van der Waals surface area contributed by atoms with Crippen LogP contribution in [0.5, 0.6) is 0 Å². The van der Waals surface area contributed by atoms with Crippen LogP contribution in [-0.2, 0) is 0 Å². The Bertz CT molecular complexity index is 113. The van der Waals surface area contributed by atoms with Crippen molar-refractivity contribution in [2.45, 2.75) is 19.3 Å². The molecular weight excluding hydrogens is 158 g/mol. The molecule has 0 aromatic heterocycles. The van der Waals surface area contributed by atoms with E-state index < -0.39 is 0 Å². The molecule has 0 amide bonds. The van der Waals surface area contributed by atoms with Crippen LogP contribution in [0.3, 0.4) is 0 Å². The first-order valence-electron chi connectivity index (χ1n) is 4.33. The van der Waals surface area contributed by atoms with E-state index in [9.17, 15) is 5.21 Å². The Kier molecular flexibility index (Phi) is 3.69. The van der Waals surface area contributed by atoms with Crippen molar-refractivity contribution >= 4 is 11.8 Å². The standard InChI is InChI=1S/C8H17NOS/c1-11-8-7-9(10)5-3-2-4-6-9/h2-8H2,1H3. The minimum Gasteiger partial charge on any atom is -0.633 e. The molecule has 0 N–H and O–H groups in total. The van der Waals surface area contributed by atoms with Gasteiger partial charge in [0.1, 0.15) is 0 Å². The third kappa shape index (κ3) is 3.01. The molecule has 0 aliphatic carbocycles. The maximum Gasteiger partial charge on any atom is 0.0875 e. The molecule has 0 unspecified atom stereocenters. The Morgan fingerprint density at radius 1 is 1.27 bits per heavy atom. The van der Waals surface area contributed by atoms with Gasteiger partial charge >= 0.3 is 0 Å². The lowest BCUT2D eigenvalue weighted by Crippen LogP contribution is -2.47. The Morgan fingerprint density at radius 3 is 2.45 bits per heavy atom. The van der Waals surface area contributed by atoms with Gasteiger partial charge in [-0.2, -0.15) is 11.8 Å². The molecule has 0 aromatic rings. The molecule has 11 heavy (non-hydrogen) atoms. The van der Waals surface area contributed by atoms with Crippen molar-refractivity contribution in [2.24, 2.45) is 0 Å². The minimum absolute atomic E-state index is 0.0842. The molecule has 1 heterocycles. The van der Waals surface area contributed by atoms with Crippen LogP contribution < -0.4 is 0 Å². The average molecular weight is 175 g/mol. The second-order valence-corrected chi connectivity index (χ2v) is 4.27. The minimum atomic E-state index is 0.0842. The molecule has 1 rings (SSSR count). The van der Waals surface area contributed by atoms with Crippen LogP contribution in [0.15, 0.2) is 0 Å². The fourth-order valence-electron chi connectivity index (χ4n) is 1.57. The van der Waals surface area contributed by atoms with Crippen LogP contribution in [-0.4, -0.2) is 36.3 Å². The number of rotatable bonds is 3. The van der Waals surface area contributed by atoms with Crippen LogP contribution in [0.25, 0.3) is 0 Å². The van der Waals surface area contributed by atoms with Gasteiger partial charge in [-0.15, -0.1) is 0 Å². The third-order valence-electron chi connectivity index (χ3n) is 2.33. The summed E-state index contributed by atoms with van der Waals surface area (Å²) in [6, 6.07) is 0. The Labute approximate surface area is 73.1 Å². The predicted octanol–water partition coefficient (Wildman–Crippen LogP) is 1.85. The fourth-order valence-corrected chi connectivity index (χ4v) is 2.09. The zero-order valence-corrected chi connectivity index (χ0v) is 8.03. The van der Waals surface area contributed by atoms with Gasteiger partial charge in [0.2, 0.25) is 0 Å². The molecule has 3 heteroatoms. The molecule has 0 aromatic carbocycles. The van der Waals surface area contributed by atoms with Crippen LogP contribution in [0.2, 0.25) is 0 Å². The monoisotopic (exact) mass is 175 g/mol. The average Bonchev–Trinajstić information content (AvgIpc) is 2.03. The van der Waals surface area contributed by atoms with Crippen molar-refractivity contribution in [3.05, 3.63) is 5.21 Å². The fraction of sp³-hybridized carbons (Fsp3) is 1.00.